The van der Waals surface area contributed by atoms with Crippen molar-refractivity contribution in [2.75, 3.05) is 13.1 Å². The van der Waals surface area contributed by atoms with Crippen molar-refractivity contribution < 1.29 is 4.74 Å². The minimum Gasteiger partial charge on any atom is -0.472 e. The second-order valence-electron chi connectivity index (χ2n) is 3.60. The zero-order valence-electron chi connectivity index (χ0n) is 8.77. The van der Waals surface area contributed by atoms with Crippen LogP contribution in [-0.2, 0) is 0 Å². The molecule has 1 aliphatic rings. The summed E-state index contributed by atoms with van der Waals surface area (Å²) in [6.07, 6.45) is 2.52. The number of ether oxygens (including phenoxy) is 1. The van der Waals surface area contributed by atoms with Gasteiger partial charge in [0.2, 0.25) is 5.88 Å². The molecule has 0 aliphatic carbocycles. The standard InChI is InChI=1S/C10H15N3O.ClH/c1-8-4-5-10(13-12-8)14-9-3-2-6-11-7-9;/h4-5,9,11H,2-3,6-7H2,1H3;1H. The Balaban J connectivity index is 0.00000112. The van der Waals surface area contributed by atoms with E-state index in [1.165, 1.54) is 6.42 Å². The zero-order valence-corrected chi connectivity index (χ0v) is 9.59. The summed E-state index contributed by atoms with van der Waals surface area (Å²) in [4.78, 5) is 0. The molecular formula is C10H16ClN3O. The minimum atomic E-state index is 0. The summed E-state index contributed by atoms with van der Waals surface area (Å²) in [5.41, 5.74) is 0.916. The van der Waals surface area contributed by atoms with Crippen molar-refractivity contribution in [2.24, 2.45) is 0 Å². The summed E-state index contributed by atoms with van der Waals surface area (Å²) < 4.78 is 5.67. The highest BCUT2D eigenvalue weighted by atomic mass is 35.5. The van der Waals surface area contributed by atoms with E-state index in [4.69, 9.17) is 4.74 Å². The monoisotopic (exact) mass is 229 g/mol. The van der Waals surface area contributed by atoms with Crippen LogP contribution in [0.4, 0.5) is 0 Å². The molecule has 0 aromatic carbocycles. The van der Waals surface area contributed by atoms with Gasteiger partial charge in [0.05, 0.1) is 5.69 Å². The fraction of sp³-hybridized carbons (Fsp3) is 0.600. The number of hydrogen-bond acceptors (Lipinski definition) is 4. The third-order valence-corrected chi connectivity index (χ3v) is 2.31. The highest BCUT2D eigenvalue weighted by Gasteiger charge is 2.14. The lowest BCUT2D eigenvalue weighted by Gasteiger charge is -2.22. The average Bonchev–Trinajstić information content (AvgIpc) is 2.23. The fourth-order valence-corrected chi connectivity index (χ4v) is 1.54. The predicted molar refractivity (Wildman–Crippen MR) is 60.5 cm³/mol. The molecule has 1 atom stereocenters. The normalized spacial score (nSPS) is 20.5. The van der Waals surface area contributed by atoms with Crippen LogP contribution in [0.1, 0.15) is 18.5 Å². The first-order chi connectivity index (χ1) is 6.84. The molecule has 1 aliphatic heterocycles. The molecule has 4 nitrogen and oxygen atoms in total. The molecule has 84 valence electrons. The Morgan fingerprint density at radius 1 is 1.40 bits per heavy atom. The van der Waals surface area contributed by atoms with Crippen LogP contribution in [0.5, 0.6) is 5.88 Å². The molecule has 1 N–H and O–H groups in total. The molecule has 0 radical (unpaired) electrons. The fourth-order valence-electron chi connectivity index (χ4n) is 1.54. The number of aryl methyl sites for hydroxylation is 1. The van der Waals surface area contributed by atoms with Crippen LogP contribution in [0.25, 0.3) is 0 Å². The van der Waals surface area contributed by atoms with Gasteiger partial charge >= 0.3 is 0 Å². The number of nitrogens with zero attached hydrogens (tertiary/aromatic N) is 2. The van der Waals surface area contributed by atoms with Gasteiger partial charge in [0, 0.05) is 12.6 Å². The molecule has 1 aromatic heterocycles. The van der Waals surface area contributed by atoms with E-state index in [2.05, 4.69) is 15.5 Å². The quantitative estimate of drug-likeness (QED) is 0.832. The minimum absolute atomic E-state index is 0. The SMILES string of the molecule is Cc1ccc(OC2CCCNC2)nn1.Cl. The average molecular weight is 230 g/mol. The summed E-state index contributed by atoms with van der Waals surface area (Å²) in [5.74, 6) is 0.629. The maximum atomic E-state index is 5.67. The Morgan fingerprint density at radius 3 is 2.87 bits per heavy atom. The molecule has 0 bridgehead atoms. The van der Waals surface area contributed by atoms with E-state index >= 15 is 0 Å². The molecule has 2 rings (SSSR count). The van der Waals surface area contributed by atoms with Gasteiger partial charge in [-0.05, 0) is 32.4 Å². The third kappa shape index (κ3) is 3.64. The Bertz CT molecular complexity index is 285. The van der Waals surface area contributed by atoms with Crippen LogP contribution >= 0.6 is 12.4 Å². The van der Waals surface area contributed by atoms with E-state index in [9.17, 15) is 0 Å². The molecule has 0 saturated carbocycles. The van der Waals surface area contributed by atoms with E-state index < -0.39 is 0 Å². The molecule has 15 heavy (non-hydrogen) atoms. The lowest BCUT2D eigenvalue weighted by molar-refractivity contribution is 0.159. The number of piperidine rings is 1. The van der Waals surface area contributed by atoms with Crippen molar-refractivity contribution >= 4 is 12.4 Å². The van der Waals surface area contributed by atoms with Gasteiger partial charge in [0.25, 0.3) is 0 Å². The van der Waals surface area contributed by atoms with E-state index in [-0.39, 0.29) is 18.5 Å². The number of aromatic nitrogens is 2. The van der Waals surface area contributed by atoms with E-state index in [0.29, 0.717) is 5.88 Å². The summed E-state index contributed by atoms with van der Waals surface area (Å²) >= 11 is 0. The molecule has 1 fully saturated rings. The third-order valence-electron chi connectivity index (χ3n) is 2.31. The largest absolute Gasteiger partial charge is 0.472 e. The predicted octanol–water partition coefficient (Wildman–Crippen LogP) is 1.34. The van der Waals surface area contributed by atoms with Gasteiger partial charge in [0.15, 0.2) is 0 Å². The van der Waals surface area contributed by atoms with Crippen molar-refractivity contribution in [1.82, 2.24) is 15.5 Å². The van der Waals surface area contributed by atoms with Crippen LogP contribution in [-0.4, -0.2) is 29.4 Å². The molecule has 2 heterocycles. The lowest BCUT2D eigenvalue weighted by Crippen LogP contribution is -2.37. The second kappa shape index (κ2) is 5.88. The topological polar surface area (TPSA) is 47.0 Å². The summed E-state index contributed by atoms with van der Waals surface area (Å²) in [7, 11) is 0. The number of hydrogen-bond donors (Lipinski definition) is 1. The zero-order chi connectivity index (χ0) is 9.80. The molecule has 1 saturated heterocycles. The summed E-state index contributed by atoms with van der Waals surface area (Å²) in [5, 5.41) is 11.2. The molecule has 0 amide bonds. The van der Waals surface area contributed by atoms with E-state index in [0.717, 1.165) is 25.2 Å². The highest BCUT2D eigenvalue weighted by molar-refractivity contribution is 5.85. The highest BCUT2D eigenvalue weighted by Crippen LogP contribution is 2.11. The molecule has 0 spiro atoms. The Kier molecular flexibility index (Phi) is 4.78. The van der Waals surface area contributed by atoms with Crippen molar-refractivity contribution in [3.05, 3.63) is 17.8 Å². The first-order valence-corrected chi connectivity index (χ1v) is 5.02. The van der Waals surface area contributed by atoms with Crippen LogP contribution in [0.15, 0.2) is 12.1 Å². The molecule has 1 aromatic rings. The number of rotatable bonds is 2. The van der Waals surface area contributed by atoms with Gasteiger partial charge in [-0.1, -0.05) is 0 Å². The van der Waals surface area contributed by atoms with Gasteiger partial charge in [-0.15, -0.1) is 17.5 Å². The molecule has 5 heteroatoms. The summed E-state index contributed by atoms with van der Waals surface area (Å²) in [6.45, 7) is 3.92. The van der Waals surface area contributed by atoms with Gasteiger partial charge in [0.1, 0.15) is 6.10 Å². The van der Waals surface area contributed by atoms with Crippen LogP contribution < -0.4 is 10.1 Å². The van der Waals surface area contributed by atoms with Crippen LogP contribution in [0.3, 0.4) is 0 Å². The Labute approximate surface area is 95.8 Å². The number of nitrogens with one attached hydrogen (secondary N) is 1. The Morgan fingerprint density at radius 2 is 2.27 bits per heavy atom. The molecule has 1 unspecified atom stereocenters. The van der Waals surface area contributed by atoms with Crippen molar-refractivity contribution in [3.8, 4) is 5.88 Å². The lowest BCUT2D eigenvalue weighted by atomic mass is 10.1. The van der Waals surface area contributed by atoms with Crippen molar-refractivity contribution in [1.29, 1.82) is 0 Å². The maximum absolute atomic E-state index is 5.67. The summed E-state index contributed by atoms with van der Waals surface area (Å²) in [6, 6.07) is 3.79. The first kappa shape index (κ1) is 12.2. The molecular weight excluding hydrogens is 214 g/mol. The van der Waals surface area contributed by atoms with Gasteiger partial charge in [-0.25, -0.2) is 0 Å². The van der Waals surface area contributed by atoms with Crippen LogP contribution in [0.2, 0.25) is 0 Å². The van der Waals surface area contributed by atoms with Crippen molar-refractivity contribution in [3.63, 3.8) is 0 Å². The smallest absolute Gasteiger partial charge is 0.233 e. The van der Waals surface area contributed by atoms with E-state index in [1.807, 2.05) is 19.1 Å². The Hall–Kier alpha value is -0.870. The maximum Gasteiger partial charge on any atom is 0.233 e. The second-order valence-corrected chi connectivity index (χ2v) is 3.60. The van der Waals surface area contributed by atoms with Gasteiger partial charge < -0.3 is 10.1 Å². The van der Waals surface area contributed by atoms with Gasteiger partial charge in [-0.2, -0.15) is 5.10 Å². The van der Waals surface area contributed by atoms with Gasteiger partial charge in [-0.3, -0.25) is 0 Å². The van der Waals surface area contributed by atoms with E-state index in [1.54, 1.807) is 0 Å². The number of halogens is 1. The van der Waals surface area contributed by atoms with Crippen molar-refractivity contribution in [2.45, 2.75) is 25.9 Å². The first-order valence-electron chi connectivity index (χ1n) is 5.02. The van der Waals surface area contributed by atoms with Crippen LogP contribution in [0, 0.1) is 6.92 Å².